The van der Waals surface area contributed by atoms with E-state index in [9.17, 15) is 0 Å². The topological polar surface area (TPSA) is 9.23 Å². The Morgan fingerprint density at radius 2 is 1.03 bits per heavy atom. The SMILES string of the molecule is CC(C)[Si](Oc1ccccc1)(c1ccc(C#Cc2ccc([Si](C)(C)C)cc2)cc1)C(C)C. The van der Waals surface area contributed by atoms with Gasteiger partial charge in [-0.25, -0.2) is 0 Å². The van der Waals surface area contributed by atoms with Crippen LogP contribution >= 0.6 is 0 Å². The van der Waals surface area contributed by atoms with Gasteiger partial charge in [0.25, 0.3) is 8.32 Å². The fraction of sp³-hybridized carbons (Fsp3) is 0.310. The minimum Gasteiger partial charge on any atom is -0.538 e. The molecule has 0 saturated heterocycles. The van der Waals surface area contributed by atoms with Gasteiger partial charge in [0.05, 0.1) is 8.07 Å². The lowest BCUT2D eigenvalue weighted by Crippen LogP contribution is -2.58. The summed E-state index contributed by atoms with van der Waals surface area (Å²) >= 11 is 0. The molecule has 3 aromatic rings. The Balaban J connectivity index is 1.88. The second-order valence-corrected chi connectivity index (χ2v) is 19.9. The monoisotopic (exact) mass is 456 g/mol. The van der Waals surface area contributed by atoms with Gasteiger partial charge < -0.3 is 4.43 Å². The highest BCUT2D eigenvalue weighted by Crippen LogP contribution is 2.34. The van der Waals surface area contributed by atoms with E-state index >= 15 is 0 Å². The van der Waals surface area contributed by atoms with Gasteiger partial charge in [-0.1, -0.05) is 107 Å². The molecule has 0 aliphatic carbocycles. The molecule has 0 aliphatic rings. The zero-order chi connectivity index (χ0) is 23.4. The first kappa shape index (κ1) is 24.1. The highest BCUT2D eigenvalue weighted by Gasteiger charge is 2.46. The van der Waals surface area contributed by atoms with Crippen molar-refractivity contribution >= 4 is 26.8 Å². The second-order valence-electron chi connectivity index (χ2n) is 10.2. The standard InChI is InChI=1S/C29H36OSi2/c1-23(2)32(24(3)4,30-27-11-9-8-10-12-27)29-21-17-26(18-22-29)14-13-25-15-19-28(20-16-25)31(5,6)7/h8-12,15-24H,1-7H3. The average Bonchev–Trinajstić information content (AvgIpc) is 2.76. The molecule has 0 bridgehead atoms. The number of hydrogen-bond acceptors (Lipinski definition) is 1. The minimum atomic E-state index is -2.25. The van der Waals surface area contributed by atoms with Gasteiger partial charge in [0.15, 0.2) is 0 Å². The Hall–Kier alpha value is -2.55. The van der Waals surface area contributed by atoms with Crippen LogP contribution in [-0.2, 0) is 0 Å². The Kier molecular flexibility index (Phi) is 7.49. The molecule has 0 saturated carbocycles. The van der Waals surface area contributed by atoms with Crippen molar-refractivity contribution in [2.45, 2.75) is 58.4 Å². The van der Waals surface area contributed by atoms with Crippen LogP contribution in [0.2, 0.25) is 30.7 Å². The molecule has 0 atom stereocenters. The van der Waals surface area contributed by atoms with Crippen molar-refractivity contribution in [1.82, 2.24) is 0 Å². The van der Waals surface area contributed by atoms with E-state index in [0.717, 1.165) is 16.9 Å². The van der Waals surface area contributed by atoms with E-state index in [1.54, 1.807) is 0 Å². The summed E-state index contributed by atoms with van der Waals surface area (Å²) in [5.74, 6) is 7.64. The van der Waals surface area contributed by atoms with E-state index in [0.29, 0.717) is 11.1 Å². The molecule has 32 heavy (non-hydrogen) atoms. The first-order chi connectivity index (χ1) is 15.1. The summed E-state index contributed by atoms with van der Waals surface area (Å²) in [5, 5.41) is 2.80. The zero-order valence-corrected chi connectivity index (χ0v) is 22.6. The van der Waals surface area contributed by atoms with Crippen LogP contribution in [0, 0.1) is 11.8 Å². The zero-order valence-electron chi connectivity index (χ0n) is 20.6. The lowest BCUT2D eigenvalue weighted by Gasteiger charge is -2.39. The maximum absolute atomic E-state index is 6.82. The van der Waals surface area contributed by atoms with Crippen molar-refractivity contribution in [3.63, 3.8) is 0 Å². The van der Waals surface area contributed by atoms with Crippen LogP contribution in [0.4, 0.5) is 0 Å². The molecule has 166 valence electrons. The van der Waals surface area contributed by atoms with Crippen molar-refractivity contribution in [2.24, 2.45) is 0 Å². The molecule has 0 amide bonds. The number of benzene rings is 3. The molecule has 0 radical (unpaired) electrons. The molecule has 0 spiro atoms. The largest absolute Gasteiger partial charge is 0.538 e. The highest BCUT2D eigenvalue weighted by atomic mass is 28.4. The van der Waals surface area contributed by atoms with E-state index < -0.39 is 16.4 Å². The van der Waals surface area contributed by atoms with Crippen LogP contribution in [0.5, 0.6) is 5.75 Å². The summed E-state index contributed by atoms with van der Waals surface area (Å²) < 4.78 is 6.82. The lowest BCUT2D eigenvalue weighted by molar-refractivity contribution is 0.515. The van der Waals surface area contributed by atoms with Gasteiger partial charge in [-0.3, -0.25) is 0 Å². The Bertz CT molecular complexity index is 1060. The van der Waals surface area contributed by atoms with Crippen molar-refractivity contribution in [2.75, 3.05) is 0 Å². The van der Waals surface area contributed by atoms with Crippen LogP contribution < -0.4 is 14.8 Å². The summed E-state index contributed by atoms with van der Waals surface area (Å²) in [7, 11) is -3.52. The molecule has 0 N–H and O–H groups in total. The fourth-order valence-corrected chi connectivity index (χ4v) is 9.96. The summed E-state index contributed by atoms with van der Waals surface area (Å²) in [6.07, 6.45) is 0. The summed E-state index contributed by atoms with van der Waals surface area (Å²) in [6.45, 7) is 16.3. The summed E-state index contributed by atoms with van der Waals surface area (Å²) in [4.78, 5) is 0. The number of para-hydroxylation sites is 1. The first-order valence-electron chi connectivity index (χ1n) is 11.6. The predicted octanol–water partition coefficient (Wildman–Crippen LogP) is 6.68. The van der Waals surface area contributed by atoms with Gasteiger partial charge in [-0.05, 0) is 52.7 Å². The molecule has 3 rings (SSSR count). The molecule has 3 heteroatoms. The van der Waals surface area contributed by atoms with Crippen molar-refractivity contribution < 1.29 is 4.43 Å². The Labute approximate surface area is 197 Å². The van der Waals surface area contributed by atoms with Crippen molar-refractivity contribution in [3.8, 4) is 17.6 Å². The third kappa shape index (κ3) is 5.44. The molecule has 0 unspecified atom stereocenters. The fourth-order valence-electron chi connectivity index (χ4n) is 4.32. The summed E-state index contributed by atoms with van der Waals surface area (Å²) in [5.41, 5.74) is 3.00. The first-order valence-corrected chi connectivity index (χ1v) is 17.2. The van der Waals surface area contributed by atoms with Crippen LogP contribution in [0.15, 0.2) is 78.9 Å². The maximum atomic E-state index is 6.82. The lowest BCUT2D eigenvalue weighted by atomic mass is 10.2. The third-order valence-corrected chi connectivity index (χ3v) is 13.5. The van der Waals surface area contributed by atoms with E-state index in [1.807, 2.05) is 18.2 Å². The van der Waals surface area contributed by atoms with Crippen LogP contribution in [0.1, 0.15) is 38.8 Å². The molecule has 3 aromatic carbocycles. The normalized spacial score (nSPS) is 11.9. The number of hydrogen-bond donors (Lipinski definition) is 0. The van der Waals surface area contributed by atoms with Crippen LogP contribution in [-0.4, -0.2) is 16.4 Å². The van der Waals surface area contributed by atoms with E-state index in [2.05, 4.69) is 120 Å². The second kappa shape index (κ2) is 9.94. The predicted molar refractivity (Wildman–Crippen MR) is 144 cm³/mol. The Morgan fingerprint density at radius 3 is 1.44 bits per heavy atom. The average molecular weight is 457 g/mol. The maximum Gasteiger partial charge on any atom is 0.287 e. The van der Waals surface area contributed by atoms with Gasteiger partial charge in [-0.2, -0.15) is 0 Å². The van der Waals surface area contributed by atoms with Gasteiger partial charge in [0.1, 0.15) is 5.75 Å². The van der Waals surface area contributed by atoms with E-state index in [-0.39, 0.29) is 0 Å². The molecule has 0 heterocycles. The smallest absolute Gasteiger partial charge is 0.287 e. The van der Waals surface area contributed by atoms with Crippen LogP contribution in [0.3, 0.4) is 0 Å². The van der Waals surface area contributed by atoms with Crippen molar-refractivity contribution in [3.05, 3.63) is 90.0 Å². The number of rotatable bonds is 6. The molecule has 0 aliphatic heterocycles. The minimum absolute atomic E-state index is 0.449. The van der Waals surface area contributed by atoms with Gasteiger partial charge in [0, 0.05) is 11.1 Å². The highest BCUT2D eigenvalue weighted by molar-refractivity contribution is 6.89. The Morgan fingerprint density at radius 1 is 0.594 bits per heavy atom. The molecular formula is C29H36OSi2. The van der Waals surface area contributed by atoms with Crippen LogP contribution in [0.25, 0.3) is 0 Å². The van der Waals surface area contributed by atoms with Gasteiger partial charge in [0.2, 0.25) is 0 Å². The quantitative estimate of drug-likeness (QED) is 0.297. The van der Waals surface area contributed by atoms with Crippen molar-refractivity contribution in [1.29, 1.82) is 0 Å². The molecule has 0 aromatic heterocycles. The van der Waals surface area contributed by atoms with Gasteiger partial charge in [-0.15, -0.1) is 0 Å². The molecular weight excluding hydrogens is 420 g/mol. The van der Waals surface area contributed by atoms with E-state index in [4.69, 9.17) is 4.43 Å². The summed E-state index contributed by atoms with van der Waals surface area (Å²) in [6, 6.07) is 27.8. The third-order valence-electron chi connectivity index (χ3n) is 6.18. The van der Waals surface area contributed by atoms with Gasteiger partial charge >= 0.3 is 0 Å². The molecule has 0 fully saturated rings. The molecule has 1 nitrogen and oxygen atoms in total. The van der Waals surface area contributed by atoms with E-state index in [1.165, 1.54) is 10.4 Å².